The summed E-state index contributed by atoms with van der Waals surface area (Å²) >= 11 is 0. The molecule has 0 unspecified atom stereocenters. The maximum Gasteiger partial charge on any atom is 4.00 e. The summed E-state index contributed by atoms with van der Waals surface area (Å²) in [6, 6.07) is 0. The normalized spacial score (nSPS) is 0.824. The molecule has 0 fully saturated rings. The Bertz CT molecular complexity index is 105. The first-order chi connectivity index (χ1) is 6.00. The van der Waals surface area contributed by atoms with E-state index in [-0.39, 0.29) is 87.1 Å². The maximum atomic E-state index is 7.25. The van der Waals surface area contributed by atoms with Crippen LogP contribution in [0.25, 0.3) is 5.59 Å². The van der Waals surface area contributed by atoms with Crippen LogP contribution < -0.4 is 59.1 Å². The van der Waals surface area contributed by atoms with Crippen molar-refractivity contribution in [3.05, 3.63) is 43.4 Å². The number of hydrogen-bond donors (Lipinski definition) is 0. The van der Waals surface area contributed by atoms with Gasteiger partial charge >= 0.3 is 76.2 Å². The molecule has 0 bridgehead atoms. The fourth-order valence-corrected chi connectivity index (χ4v) is 0. The molecule has 0 saturated heterocycles. The van der Waals surface area contributed by atoms with Crippen LogP contribution in [0.4, 0.5) is 0 Å². The van der Waals surface area contributed by atoms with Gasteiger partial charge in [0, 0.05) is 0 Å². The van der Waals surface area contributed by atoms with Crippen LogP contribution in [-0.2, 0) is 17.1 Å². The predicted octanol–water partition coefficient (Wildman–Crippen LogP) is -6.84. The van der Waals surface area contributed by atoms with Crippen LogP contribution in [0.15, 0.2) is 0 Å². The van der Waals surface area contributed by atoms with Gasteiger partial charge in [-0.3, -0.25) is 0 Å². The predicted molar refractivity (Wildman–Crippen MR) is 38.8 cm³/mol. The van der Waals surface area contributed by atoms with E-state index < -0.39 is 0 Å². The first-order valence-corrected chi connectivity index (χ1v) is 1.30. The zero-order chi connectivity index (χ0) is 12.0. The first-order valence-electron chi connectivity index (χ1n) is 1.30. The van der Waals surface area contributed by atoms with Gasteiger partial charge in [-0.2, -0.15) is 0 Å². The quantitative estimate of drug-likeness (QED) is 0.311. The van der Waals surface area contributed by atoms with Crippen molar-refractivity contribution in [2.45, 2.75) is 0 Å². The van der Waals surface area contributed by atoms with Crippen molar-refractivity contribution in [3.63, 3.8) is 0 Å². The van der Waals surface area contributed by atoms with Crippen LogP contribution in [-0.4, -0.2) is 11.0 Å². The van der Waals surface area contributed by atoms with Gasteiger partial charge in [-0.05, 0) is 0 Å². The van der Waals surface area contributed by atoms with Crippen LogP contribution in [0.5, 0.6) is 0 Å². The van der Waals surface area contributed by atoms with Crippen molar-refractivity contribution in [2.24, 2.45) is 0 Å². The second-order valence-electron chi connectivity index (χ2n) is 0. The SMILES string of the molecule is O.O.[C-]#N.[C-]#N.[C-]#N.[C-]#N.[C-]#N.[Fe+4].[N-]=O.[Na+].[Na+]. The third-order valence-corrected chi connectivity index (χ3v) is 0. The van der Waals surface area contributed by atoms with E-state index >= 15 is 0 Å². The zero-order valence-electron chi connectivity index (χ0n) is 8.95. The Balaban J connectivity index is -0.00000000267. The molecule has 82 valence electrons. The second kappa shape index (κ2) is 12500. The summed E-state index contributed by atoms with van der Waals surface area (Å²) in [5.41, 5.74) is 5.75. The molecule has 4 N–H and O–H groups in total. The summed E-state index contributed by atoms with van der Waals surface area (Å²) in [6.45, 7) is 23.8. The zero-order valence-corrected chi connectivity index (χ0v) is 14.0. The fraction of sp³-hybridized carbons (Fsp3) is 0. The number of nitrogens with zero attached hydrogens (tertiary/aromatic N) is 6. The van der Waals surface area contributed by atoms with E-state index in [4.69, 9.17) is 69.7 Å². The Morgan fingerprint density at radius 1 is 0.529 bits per heavy atom. The van der Waals surface area contributed by atoms with Gasteiger partial charge in [-0.1, -0.05) is 0 Å². The summed E-state index contributed by atoms with van der Waals surface area (Å²) in [5, 5.41) is 31.2. The van der Waals surface area contributed by atoms with Crippen LogP contribution in [0.2, 0.25) is 0 Å². The Morgan fingerprint density at radius 3 is 0.529 bits per heavy atom. The number of nitroso groups, excluding NO2 is 1. The van der Waals surface area contributed by atoms with Gasteiger partial charge in [0.25, 0.3) is 0 Å². The Kier molecular flexibility index (Phi) is 96400. The van der Waals surface area contributed by atoms with Crippen LogP contribution >= 0.6 is 0 Å². The number of hydrogen-bond acceptors (Lipinski definition) is 6. The average molecular weight is 298 g/mol. The Hall–Kier alpha value is -0.511. The molecule has 12 heteroatoms. The topological polar surface area (TPSA) is 221 Å². The van der Waals surface area contributed by atoms with Crippen molar-refractivity contribution >= 4 is 0 Å². The summed E-state index contributed by atoms with van der Waals surface area (Å²) < 4.78 is 0. The molecular formula is C5H4FeN6Na2O3. The van der Waals surface area contributed by atoms with Gasteiger partial charge < -0.3 is 80.6 Å². The second-order valence-corrected chi connectivity index (χ2v) is 0. The van der Waals surface area contributed by atoms with Crippen molar-refractivity contribution in [1.82, 2.24) is 0 Å². The van der Waals surface area contributed by atoms with Crippen LogP contribution in [0, 0.1) is 64.1 Å². The van der Waals surface area contributed by atoms with Crippen LogP contribution in [0.1, 0.15) is 0 Å². The molecule has 0 heterocycles. The minimum atomic E-state index is 0. The molecule has 0 spiro atoms. The van der Waals surface area contributed by atoms with Crippen LogP contribution in [0.3, 0.4) is 0 Å². The first kappa shape index (κ1) is 131. The molecule has 0 aromatic carbocycles. The monoisotopic (exact) mass is 298 g/mol. The molecule has 0 aliphatic rings. The van der Waals surface area contributed by atoms with Gasteiger partial charge in [-0.15, -0.1) is 0 Å². The smallest absolute Gasteiger partial charge is 0.577 e. The standard InChI is InChI=1S/5CN.Fe.NO.2Na.2H2O/c5*1-2;;1-2;;;;/h;;;;;;;;;2*1H2/q5*-1;+4;-1;2*+1;;. The Labute approximate surface area is 155 Å². The average Bonchev–Trinajstić information content (AvgIpc) is 2.33. The fourth-order valence-electron chi connectivity index (χ4n) is 0. The summed E-state index contributed by atoms with van der Waals surface area (Å²) in [7, 11) is 0. The summed E-state index contributed by atoms with van der Waals surface area (Å²) in [4.78, 5) is 7.25. The minimum Gasteiger partial charge on any atom is -0.577 e. The van der Waals surface area contributed by atoms with Gasteiger partial charge in [0.05, 0.1) is 0 Å². The van der Waals surface area contributed by atoms with Crippen molar-refractivity contribution < 1.29 is 87.1 Å². The third kappa shape index (κ3) is 10800. The molecule has 0 aliphatic heterocycles. The van der Waals surface area contributed by atoms with E-state index in [9.17, 15) is 0 Å². The van der Waals surface area contributed by atoms with Gasteiger partial charge in [0.2, 0.25) is 0 Å². The number of rotatable bonds is 0. The maximum absolute atomic E-state index is 7.25. The van der Waals surface area contributed by atoms with Crippen molar-refractivity contribution in [3.8, 4) is 0 Å². The Morgan fingerprint density at radius 2 is 0.529 bits per heavy atom. The summed E-state index contributed by atoms with van der Waals surface area (Å²) in [6.07, 6.45) is 0. The summed E-state index contributed by atoms with van der Waals surface area (Å²) in [5.74, 6) is 0. The molecule has 0 rings (SSSR count). The molecule has 17 heavy (non-hydrogen) atoms. The largest absolute Gasteiger partial charge is 4.00 e. The molecule has 0 aromatic heterocycles. The van der Waals surface area contributed by atoms with E-state index in [0.29, 0.717) is 0 Å². The molecule has 0 saturated carbocycles. The van der Waals surface area contributed by atoms with Gasteiger partial charge in [0.15, 0.2) is 0 Å². The molecule has 0 amide bonds. The third-order valence-electron chi connectivity index (χ3n) is 0. The molecular weight excluding hydrogens is 294 g/mol. The molecule has 9 nitrogen and oxygen atoms in total. The van der Waals surface area contributed by atoms with Crippen molar-refractivity contribution in [2.75, 3.05) is 0 Å². The van der Waals surface area contributed by atoms with E-state index in [1.165, 1.54) is 0 Å². The van der Waals surface area contributed by atoms with E-state index in [2.05, 4.69) is 0 Å². The molecule has 0 atom stereocenters. The van der Waals surface area contributed by atoms with Gasteiger partial charge in [-0.25, -0.2) is 0 Å². The molecule has 0 aromatic rings. The molecule has 0 radical (unpaired) electrons. The van der Waals surface area contributed by atoms with E-state index in [0.717, 1.165) is 0 Å². The molecule has 0 aliphatic carbocycles. The van der Waals surface area contributed by atoms with E-state index in [1.54, 1.807) is 0 Å². The minimum absolute atomic E-state index is 0. The van der Waals surface area contributed by atoms with E-state index in [1.807, 2.05) is 0 Å². The van der Waals surface area contributed by atoms with Gasteiger partial charge in [0.1, 0.15) is 0 Å². The van der Waals surface area contributed by atoms with Crippen molar-refractivity contribution in [1.29, 1.82) is 26.3 Å².